The fourth-order valence-electron chi connectivity index (χ4n) is 2.02. The zero-order chi connectivity index (χ0) is 13.7. The number of carbonyl (C=O) groups is 1. The van der Waals surface area contributed by atoms with E-state index < -0.39 is 0 Å². The molecule has 18 heavy (non-hydrogen) atoms. The third-order valence-corrected chi connectivity index (χ3v) is 3.56. The van der Waals surface area contributed by atoms with Crippen molar-refractivity contribution in [2.45, 2.75) is 40.5 Å². The van der Waals surface area contributed by atoms with Crippen LogP contribution in [-0.2, 0) is 0 Å². The Labute approximate surface area is 110 Å². The molecule has 1 aromatic rings. The zero-order valence-corrected chi connectivity index (χ0v) is 11.8. The van der Waals surface area contributed by atoms with Crippen LogP contribution in [0.3, 0.4) is 0 Å². The topological polar surface area (TPSA) is 55.1 Å². The van der Waals surface area contributed by atoms with Crippen LogP contribution in [0.5, 0.6) is 0 Å². The first kappa shape index (κ1) is 14.6. The Hall–Kier alpha value is -1.51. The van der Waals surface area contributed by atoms with Crippen LogP contribution in [0.25, 0.3) is 0 Å². The molecule has 3 heteroatoms. The van der Waals surface area contributed by atoms with E-state index in [1.807, 2.05) is 19.9 Å². The van der Waals surface area contributed by atoms with Crippen LogP contribution in [0.15, 0.2) is 12.1 Å². The van der Waals surface area contributed by atoms with Gasteiger partial charge < -0.3 is 11.1 Å². The highest BCUT2D eigenvalue weighted by Crippen LogP contribution is 2.18. The molecule has 0 unspecified atom stereocenters. The van der Waals surface area contributed by atoms with Crippen LogP contribution < -0.4 is 11.1 Å². The minimum atomic E-state index is -0.0221. The molecule has 1 rings (SSSR count). The fourth-order valence-corrected chi connectivity index (χ4v) is 2.02. The summed E-state index contributed by atoms with van der Waals surface area (Å²) in [6, 6.07) is 3.73. The van der Waals surface area contributed by atoms with Crippen LogP contribution in [0.1, 0.15) is 48.2 Å². The van der Waals surface area contributed by atoms with Gasteiger partial charge in [-0.05, 0) is 37.0 Å². The molecule has 3 N–H and O–H groups in total. The predicted molar refractivity (Wildman–Crippen MR) is 76.7 cm³/mol. The number of hydrogen-bond donors (Lipinski definition) is 2. The number of rotatable bonds is 5. The number of aryl methyl sites for hydroxylation is 2. The average molecular weight is 248 g/mol. The summed E-state index contributed by atoms with van der Waals surface area (Å²) >= 11 is 0. The van der Waals surface area contributed by atoms with Crippen molar-refractivity contribution in [3.05, 3.63) is 28.8 Å². The lowest BCUT2D eigenvalue weighted by Crippen LogP contribution is -2.29. The summed E-state index contributed by atoms with van der Waals surface area (Å²) in [4.78, 5) is 12.1. The van der Waals surface area contributed by atoms with E-state index >= 15 is 0 Å². The van der Waals surface area contributed by atoms with Gasteiger partial charge in [0.05, 0.1) is 0 Å². The number of nitrogen functional groups attached to an aromatic ring is 1. The lowest BCUT2D eigenvalue weighted by molar-refractivity contribution is 0.0946. The van der Waals surface area contributed by atoms with E-state index in [0.29, 0.717) is 17.2 Å². The molecule has 0 aliphatic heterocycles. The lowest BCUT2D eigenvalue weighted by atomic mass is 10.0. The summed E-state index contributed by atoms with van der Waals surface area (Å²) in [6.07, 6.45) is 2.18. The van der Waals surface area contributed by atoms with Crippen molar-refractivity contribution in [2.75, 3.05) is 12.3 Å². The molecule has 0 atom stereocenters. The molecule has 1 aromatic carbocycles. The smallest absolute Gasteiger partial charge is 0.251 e. The third kappa shape index (κ3) is 3.49. The van der Waals surface area contributed by atoms with Gasteiger partial charge in [-0.2, -0.15) is 0 Å². The van der Waals surface area contributed by atoms with Gasteiger partial charge in [0.25, 0.3) is 5.91 Å². The highest BCUT2D eigenvalue weighted by molar-refractivity contribution is 5.96. The summed E-state index contributed by atoms with van der Waals surface area (Å²) in [6.45, 7) is 8.93. The first-order chi connectivity index (χ1) is 8.49. The van der Waals surface area contributed by atoms with Crippen LogP contribution in [-0.4, -0.2) is 12.5 Å². The molecule has 0 saturated carbocycles. The molecule has 0 aromatic heterocycles. The summed E-state index contributed by atoms with van der Waals surface area (Å²) in [5.41, 5.74) is 9.21. The number of benzene rings is 1. The van der Waals surface area contributed by atoms with E-state index in [4.69, 9.17) is 5.73 Å². The van der Waals surface area contributed by atoms with Crippen molar-refractivity contribution in [1.29, 1.82) is 0 Å². The first-order valence-corrected chi connectivity index (χ1v) is 6.64. The van der Waals surface area contributed by atoms with Gasteiger partial charge in [-0.25, -0.2) is 0 Å². The number of amides is 1. The third-order valence-electron chi connectivity index (χ3n) is 3.56. The lowest BCUT2D eigenvalue weighted by Gasteiger charge is -2.15. The molecule has 3 nitrogen and oxygen atoms in total. The van der Waals surface area contributed by atoms with Crippen molar-refractivity contribution in [3.8, 4) is 0 Å². The maximum atomic E-state index is 12.1. The average Bonchev–Trinajstić information content (AvgIpc) is 2.34. The van der Waals surface area contributed by atoms with Crippen molar-refractivity contribution in [3.63, 3.8) is 0 Å². The Bertz CT molecular complexity index is 423. The van der Waals surface area contributed by atoms with E-state index in [0.717, 1.165) is 30.5 Å². The molecule has 1 amide bonds. The molecule has 0 fully saturated rings. The number of nitrogens with two attached hydrogens (primary N) is 1. The van der Waals surface area contributed by atoms with Gasteiger partial charge in [0.1, 0.15) is 0 Å². The largest absolute Gasteiger partial charge is 0.398 e. The summed E-state index contributed by atoms with van der Waals surface area (Å²) < 4.78 is 0. The molecule has 0 aliphatic rings. The Morgan fingerprint density at radius 1 is 1.22 bits per heavy atom. The van der Waals surface area contributed by atoms with E-state index in [1.165, 1.54) is 0 Å². The van der Waals surface area contributed by atoms with Crippen LogP contribution in [0, 0.1) is 19.8 Å². The Morgan fingerprint density at radius 3 is 2.39 bits per heavy atom. The predicted octanol–water partition coefficient (Wildman–Crippen LogP) is 3.05. The Balaban J connectivity index is 2.76. The van der Waals surface area contributed by atoms with Crippen LogP contribution in [0.4, 0.5) is 5.69 Å². The monoisotopic (exact) mass is 248 g/mol. The SMILES string of the molecule is CCC(CC)CNC(=O)c1cc(N)c(C)cc1C. The van der Waals surface area contributed by atoms with Gasteiger partial charge in [0, 0.05) is 17.8 Å². The van der Waals surface area contributed by atoms with Crippen LogP contribution >= 0.6 is 0 Å². The second-order valence-electron chi connectivity index (χ2n) is 4.92. The molecular formula is C15H24N2O. The summed E-state index contributed by atoms with van der Waals surface area (Å²) in [7, 11) is 0. The van der Waals surface area contributed by atoms with Gasteiger partial charge in [-0.15, -0.1) is 0 Å². The molecule has 0 spiro atoms. The second-order valence-corrected chi connectivity index (χ2v) is 4.92. The quantitative estimate of drug-likeness (QED) is 0.787. The number of carbonyl (C=O) groups excluding carboxylic acids is 1. The van der Waals surface area contributed by atoms with Gasteiger partial charge in [-0.3, -0.25) is 4.79 Å². The van der Waals surface area contributed by atoms with Crippen molar-refractivity contribution < 1.29 is 4.79 Å². The fraction of sp³-hybridized carbons (Fsp3) is 0.533. The summed E-state index contributed by atoms with van der Waals surface area (Å²) in [5.74, 6) is 0.531. The maximum Gasteiger partial charge on any atom is 0.251 e. The van der Waals surface area contributed by atoms with Gasteiger partial charge in [0.2, 0.25) is 0 Å². The highest BCUT2D eigenvalue weighted by atomic mass is 16.1. The summed E-state index contributed by atoms with van der Waals surface area (Å²) in [5, 5.41) is 2.99. The second kappa shape index (κ2) is 6.43. The molecule has 0 aliphatic carbocycles. The zero-order valence-electron chi connectivity index (χ0n) is 11.8. The molecular weight excluding hydrogens is 224 g/mol. The van der Waals surface area contributed by atoms with Crippen LogP contribution in [0.2, 0.25) is 0 Å². The van der Waals surface area contributed by atoms with E-state index in [9.17, 15) is 4.79 Å². The minimum Gasteiger partial charge on any atom is -0.398 e. The van der Waals surface area contributed by atoms with Gasteiger partial charge in [0.15, 0.2) is 0 Å². The van der Waals surface area contributed by atoms with E-state index in [-0.39, 0.29) is 5.91 Å². The van der Waals surface area contributed by atoms with Crippen molar-refractivity contribution >= 4 is 11.6 Å². The van der Waals surface area contributed by atoms with E-state index in [1.54, 1.807) is 6.07 Å². The Kier molecular flexibility index (Phi) is 5.20. The molecule has 100 valence electrons. The number of anilines is 1. The standard InChI is InChI=1S/C15H24N2O/c1-5-12(6-2)9-17-15(18)13-8-14(16)11(4)7-10(13)3/h7-8,12H,5-6,9,16H2,1-4H3,(H,17,18). The number of hydrogen-bond acceptors (Lipinski definition) is 2. The molecule has 0 radical (unpaired) electrons. The first-order valence-electron chi connectivity index (χ1n) is 6.64. The molecule has 0 bridgehead atoms. The normalized spacial score (nSPS) is 10.7. The molecule has 0 saturated heterocycles. The number of nitrogens with one attached hydrogen (secondary N) is 1. The minimum absolute atomic E-state index is 0.0221. The molecule has 0 heterocycles. The van der Waals surface area contributed by atoms with Crippen molar-refractivity contribution in [1.82, 2.24) is 5.32 Å². The van der Waals surface area contributed by atoms with E-state index in [2.05, 4.69) is 19.2 Å². The highest BCUT2D eigenvalue weighted by Gasteiger charge is 2.12. The maximum absolute atomic E-state index is 12.1. The van der Waals surface area contributed by atoms with Crippen molar-refractivity contribution in [2.24, 2.45) is 5.92 Å². The van der Waals surface area contributed by atoms with Gasteiger partial charge >= 0.3 is 0 Å². The van der Waals surface area contributed by atoms with Gasteiger partial charge in [-0.1, -0.05) is 32.8 Å². The Morgan fingerprint density at radius 2 is 1.83 bits per heavy atom.